The van der Waals surface area contributed by atoms with Crippen molar-refractivity contribution in [2.45, 2.75) is 44.2 Å². The normalized spacial score (nSPS) is 29.2. The minimum absolute atomic E-state index is 0.0159. The quantitative estimate of drug-likeness (QED) is 0.677. The molecule has 2 aliphatic rings. The van der Waals surface area contributed by atoms with Gasteiger partial charge in [0.1, 0.15) is 6.04 Å². The Balaban J connectivity index is 1.98. The summed E-state index contributed by atoms with van der Waals surface area (Å²) in [5.41, 5.74) is 0. The van der Waals surface area contributed by atoms with E-state index in [1.54, 1.807) is 0 Å². The van der Waals surface area contributed by atoms with Gasteiger partial charge < -0.3 is 9.64 Å². The molecule has 1 unspecified atom stereocenters. The van der Waals surface area contributed by atoms with Crippen LogP contribution in [0.3, 0.4) is 0 Å². The van der Waals surface area contributed by atoms with Gasteiger partial charge in [-0.05, 0) is 52.4 Å². The standard InChI is InChI=1S/C13H24N2O2/c1-14-9-6-11(7-10-14)15-8-4-3-5-12(15)13(16)17-2/h11-12H,3-10H2,1-2H3. The molecule has 0 aromatic carbocycles. The maximum atomic E-state index is 11.8. The van der Waals surface area contributed by atoms with Crippen molar-refractivity contribution in [3.05, 3.63) is 0 Å². The van der Waals surface area contributed by atoms with Crippen LogP contribution >= 0.6 is 0 Å². The number of ether oxygens (including phenoxy) is 1. The Hall–Kier alpha value is -0.610. The van der Waals surface area contributed by atoms with E-state index in [9.17, 15) is 4.79 Å². The maximum Gasteiger partial charge on any atom is 0.323 e. The van der Waals surface area contributed by atoms with E-state index in [1.165, 1.54) is 26.4 Å². The molecule has 2 rings (SSSR count). The van der Waals surface area contributed by atoms with Crippen molar-refractivity contribution in [3.63, 3.8) is 0 Å². The molecule has 2 heterocycles. The number of carbonyl (C=O) groups is 1. The molecule has 0 spiro atoms. The lowest BCUT2D eigenvalue weighted by atomic mass is 9.95. The molecule has 0 bridgehead atoms. The van der Waals surface area contributed by atoms with Crippen LogP contribution in [0.1, 0.15) is 32.1 Å². The predicted molar refractivity (Wildman–Crippen MR) is 66.9 cm³/mol. The molecule has 2 saturated heterocycles. The SMILES string of the molecule is COC(=O)C1CCCCN1C1CCN(C)CC1. The van der Waals surface area contributed by atoms with Gasteiger partial charge in [0.15, 0.2) is 0 Å². The van der Waals surface area contributed by atoms with E-state index >= 15 is 0 Å². The second-order valence-electron chi connectivity index (χ2n) is 5.31. The number of carbonyl (C=O) groups excluding carboxylic acids is 1. The second kappa shape index (κ2) is 5.83. The zero-order chi connectivity index (χ0) is 12.3. The molecule has 0 aromatic rings. The molecule has 1 atom stereocenters. The monoisotopic (exact) mass is 240 g/mol. The fourth-order valence-electron chi connectivity index (χ4n) is 3.11. The van der Waals surface area contributed by atoms with Crippen LogP contribution in [-0.2, 0) is 9.53 Å². The Morgan fingerprint density at radius 2 is 1.82 bits per heavy atom. The number of hydrogen-bond acceptors (Lipinski definition) is 4. The summed E-state index contributed by atoms with van der Waals surface area (Å²) >= 11 is 0. The van der Waals surface area contributed by atoms with Crippen molar-refractivity contribution in [1.82, 2.24) is 9.80 Å². The molecule has 2 fully saturated rings. The highest BCUT2D eigenvalue weighted by Gasteiger charge is 2.35. The molecule has 0 radical (unpaired) electrons. The summed E-state index contributed by atoms with van der Waals surface area (Å²) in [4.78, 5) is 16.6. The highest BCUT2D eigenvalue weighted by atomic mass is 16.5. The van der Waals surface area contributed by atoms with Gasteiger partial charge in [-0.1, -0.05) is 6.42 Å². The molecule has 4 heteroatoms. The van der Waals surface area contributed by atoms with Crippen LogP contribution in [-0.4, -0.2) is 61.6 Å². The summed E-state index contributed by atoms with van der Waals surface area (Å²) in [6, 6.07) is 0.595. The molecule has 0 saturated carbocycles. The van der Waals surface area contributed by atoms with Gasteiger partial charge in [0.25, 0.3) is 0 Å². The van der Waals surface area contributed by atoms with E-state index in [-0.39, 0.29) is 12.0 Å². The lowest BCUT2D eigenvalue weighted by Crippen LogP contribution is -2.53. The van der Waals surface area contributed by atoms with Gasteiger partial charge in [0.2, 0.25) is 0 Å². The van der Waals surface area contributed by atoms with Gasteiger partial charge in [0.05, 0.1) is 7.11 Å². The third kappa shape index (κ3) is 2.99. The van der Waals surface area contributed by atoms with Crippen molar-refractivity contribution >= 4 is 5.97 Å². The van der Waals surface area contributed by atoms with Crippen LogP contribution in [0.25, 0.3) is 0 Å². The first-order valence-electron chi connectivity index (χ1n) is 6.74. The highest BCUT2D eigenvalue weighted by molar-refractivity contribution is 5.75. The summed E-state index contributed by atoms with van der Waals surface area (Å²) in [5.74, 6) is -0.0383. The number of hydrogen-bond donors (Lipinski definition) is 0. The van der Waals surface area contributed by atoms with Crippen molar-refractivity contribution in [1.29, 1.82) is 0 Å². The van der Waals surface area contributed by atoms with Gasteiger partial charge in [-0.3, -0.25) is 9.69 Å². The Labute approximate surface area is 104 Å². The van der Waals surface area contributed by atoms with E-state index in [2.05, 4.69) is 16.8 Å². The molecule has 0 N–H and O–H groups in total. The predicted octanol–water partition coefficient (Wildman–Crippen LogP) is 1.11. The smallest absolute Gasteiger partial charge is 0.323 e. The van der Waals surface area contributed by atoms with Gasteiger partial charge >= 0.3 is 5.97 Å². The van der Waals surface area contributed by atoms with Gasteiger partial charge in [-0.25, -0.2) is 0 Å². The van der Waals surface area contributed by atoms with Crippen LogP contribution in [0.5, 0.6) is 0 Å². The largest absolute Gasteiger partial charge is 0.468 e. The molecule has 0 aliphatic carbocycles. The third-order valence-electron chi connectivity index (χ3n) is 4.17. The minimum atomic E-state index is -0.0383. The fraction of sp³-hybridized carbons (Fsp3) is 0.923. The van der Waals surface area contributed by atoms with E-state index in [0.717, 1.165) is 32.5 Å². The molecule has 4 nitrogen and oxygen atoms in total. The number of methoxy groups -OCH3 is 1. The van der Waals surface area contributed by atoms with E-state index in [0.29, 0.717) is 6.04 Å². The first-order valence-corrected chi connectivity index (χ1v) is 6.74. The second-order valence-corrected chi connectivity index (χ2v) is 5.31. The summed E-state index contributed by atoms with van der Waals surface area (Å²) in [6.45, 7) is 3.36. The van der Waals surface area contributed by atoms with Crippen LogP contribution in [0, 0.1) is 0 Å². The molecule has 2 aliphatic heterocycles. The van der Waals surface area contributed by atoms with Crippen molar-refractivity contribution in [2.24, 2.45) is 0 Å². The average Bonchev–Trinajstić information content (AvgIpc) is 2.39. The number of esters is 1. The molecule has 0 amide bonds. The van der Waals surface area contributed by atoms with E-state index < -0.39 is 0 Å². The lowest BCUT2D eigenvalue weighted by Gasteiger charge is -2.42. The van der Waals surface area contributed by atoms with Crippen molar-refractivity contribution < 1.29 is 9.53 Å². The van der Waals surface area contributed by atoms with E-state index in [1.807, 2.05) is 0 Å². The summed E-state index contributed by atoms with van der Waals surface area (Å²) < 4.78 is 4.94. The first kappa shape index (κ1) is 12.8. The maximum absolute atomic E-state index is 11.8. The van der Waals surface area contributed by atoms with Gasteiger partial charge in [-0.2, -0.15) is 0 Å². The number of rotatable bonds is 2. The zero-order valence-electron chi connectivity index (χ0n) is 11.0. The highest BCUT2D eigenvalue weighted by Crippen LogP contribution is 2.25. The molecule has 98 valence electrons. The molecular weight excluding hydrogens is 216 g/mol. The van der Waals surface area contributed by atoms with Crippen LogP contribution < -0.4 is 0 Å². The Morgan fingerprint density at radius 1 is 1.12 bits per heavy atom. The summed E-state index contributed by atoms with van der Waals surface area (Å²) in [5, 5.41) is 0. The van der Waals surface area contributed by atoms with Gasteiger partial charge in [0, 0.05) is 6.04 Å². The van der Waals surface area contributed by atoms with E-state index in [4.69, 9.17) is 4.74 Å². The van der Waals surface area contributed by atoms with Crippen molar-refractivity contribution in [3.8, 4) is 0 Å². The summed E-state index contributed by atoms with van der Waals surface area (Å²) in [7, 11) is 3.67. The number of nitrogens with zero attached hydrogens (tertiary/aromatic N) is 2. The van der Waals surface area contributed by atoms with Crippen molar-refractivity contribution in [2.75, 3.05) is 33.8 Å². The molecular formula is C13H24N2O2. The molecule has 0 aromatic heterocycles. The van der Waals surface area contributed by atoms with Gasteiger partial charge in [-0.15, -0.1) is 0 Å². The Morgan fingerprint density at radius 3 is 2.47 bits per heavy atom. The summed E-state index contributed by atoms with van der Waals surface area (Å²) in [6.07, 6.45) is 5.72. The topological polar surface area (TPSA) is 32.8 Å². The zero-order valence-corrected chi connectivity index (χ0v) is 11.0. The lowest BCUT2D eigenvalue weighted by molar-refractivity contribution is -0.150. The number of likely N-dealkylation sites (tertiary alicyclic amines) is 2. The average molecular weight is 240 g/mol. The fourth-order valence-corrected chi connectivity index (χ4v) is 3.11. The Bertz CT molecular complexity index is 262. The van der Waals surface area contributed by atoms with Crippen LogP contribution in [0.15, 0.2) is 0 Å². The first-order chi connectivity index (χ1) is 8.22. The van der Waals surface area contributed by atoms with Crippen LogP contribution in [0.4, 0.5) is 0 Å². The third-order valence-corrected chi connectivity index (χ3v) is 4.17. The molecule has 17 heavy (non-hydrogen) atoms. The minimum Gasteiger partial charge on any atom is -0.468 e. The van der Waals surface area contributed by atoms with Crippen LogP contribution in [0.2, 0.25) is 0 Å². The Kier molecular flexibility index (Phi) is 4.40. The number of piperidine rings is 2.